The molecule has 0 bridgehead atoms. The smallest absolute Gasteiger partial charge is 0.192 e. The molecule has 1 aliphatic carbocycles. The van der Waals surface area contributed by atoms with Gasteiger partial charge in [0.15, 0.2) is 5.78 Å². The van der Waals surface area contributed by atoms with Gasteiger partial charge in [-0.2, -0.15) is 0 Å². The number of allylic oxidation sites excluding steroid dienone is 1. The van der Waals surface area contributed by atoms with Crippen molar-refractivity contribution in [1.29, 1.82) is 0 Å². The largest absolute Gasteiger partial charge is 0.344 e. The van der Waals surface area contributed by atoms with Crippen LogP contribution in [0.4, 0.5) is 0 Å². The minimum absolute atomic E-state index is 0.187. The fourth-order valence-corrected chi connectivity index (χ4v) is 4.27. The molecule has 4 heteroatoms. The number of hydrogen-bond acceptors (Lipinski definition) is 2. The third-order valence-electron chi connectivity index (χ3n) is 5.41. The second-order valence-electron chi connectivity index (χ2n) is 6.76. The van der Waals surface area contributed by atoms with Crippen molar-refractivity contribution < 1.29 is 4.79 Å². The number of carbonyl (C=O) groups excluding carboxylic acids is 1. The quantitative estimate of drug-likeness (QED) is 0.641. The number of hydrogen-bond donors (Lipinski definition) is 0. The maximum atomic E-state index is 13.2. The van der Waals surface area contributed by atoms with Gasteiger partial charge in [0.1, 0.15) is 5.82 Å². The Labute approximate surface area is 140 Å². The van der Waals surface area contributed by atoms with Crippen molar-refractivity contribution >= 4 is 22.9 Å². The molecule has 1 aromatic carbocycles. The van der Waals surface area contributed by atoms with Gasteiger partial charge in [0.25, 0.3) is 0 Å². The van der Waals surface area contributed by atoms with E-state index in [1.165, 1.54) is 23.2 Å². The van der Waals surface area contributed by atoms with E-state index in [0.29, 0.717) is 0 Å². The van der Waals surface area contributed by atoms with Crippen molar-refractivity contribution in [1.82, 2.24) is 14.1 Å². The zero-order chi connectivity index (χ0) is 16.3. The highest BCUT2D eigenvalue weighted by Crippen LogP contribution is 2.38. The molecule has 0 fully saturated rings. The number of nitrogens with zero attached hydrogens (tertiary/aromatic N) is 3. The zero-order valence-corrected chi connectivity index (χ0v) is 13.7. The van der Waals surface area contributed by atoms with E-state index in [-0.39, 0.29) is 5.78 Å². The Kier molecular flexibility index (Phi) is 2.84. The number of aryl methyl sites for hydroxylation is 3. The van der Waals surface area contributed by atoms with Crippen LogP contribution in [0.5, 0.6) is 0 Å². The minimum Gasteiger partial charge on any atom is -0.344 e. The number of carbonyl (C=O) groups is 1. The molecule has 0 spiro atoms. The molecular weight excluding hydrogens is 298 g/mol. The number of rotatable bonds is 1. The molecule has 0 saturated heterocycles. The van der Waals surface area contributed by atoms with Crippen molar-refractivity contribution in [3.8, 4) is 0 Å². The number of ketones is 1. The summed E-state index contributed by atoms with van der Waals surface area (Å²) in [5.41, 5.74) is 5.73. The molecule has 4 nitrogen and oxygen atoms in total. The fraction of sp³-hybridized carbons (Fsp3) is 0.300. The highest BCUT2D eigenvalue weighted by Gasteiger charge is 2.30. The Morgan fingerprint density at radius 2 is 2.12 bits per heavy atom. The molecule has 0 amide bonds. The molecular formula is C20H19N3O. The first-order chi connectivity index (χ1) is 11.7. The Morgan fingerprint density at radius 3 is 2.96 bits per heavy atom. The van der Waals surface area contributed by atoms with Crippen molar-refractivity contribution in [2.75, 3.05) is 0 Å². The van der Waals surface area contributed by atoms with E-state index in [2.05, 4.69) is 27.8 Å². The van der Waals surface area contributed by atoms with Gasteiger partial charge in [-0.15, -0.1) is 0 Å². The molecule has 0 N–H and O–H groups in total. The van der Waals surface area contributed by atoms with Gasteiger partial charge in [-0.1, -0.05) is 18.2 Å². The van der Waals surface area contributed by atoms with E-state index < -0.39 is 0 Å². The average Bonchev–Trinajstić information content (AvgIpc) is 3.15. The SMILES string of the molecule is Cc1nccn1/C=C1\CCc2c(c3cccc4c3n2CCC4)C1=O. The molecule has 0 unspecified atom stereocenters. The molecule has 0 radical (unpaired) electrons. The van der Waals surface area contributed by atoms with Crippen LogP contribution < -0.4 is 0 Å². The molecule has 3 heterocycles. The van der Waals surface area contributed by atoms with Crippen LogP contribution in [0.3, 0.4) is 0 Å². The normalized spacial score (nSPS) is 18.4. The average molecular weight is 317 g/mol. The van der Waals surface area contributed by atoms with Gasteiger partial charge in [0, 0.05) is 41.8 Å². The summed E-state index contributed by atoms with van der Waals surface area (Å²) in [6, 6.07) is 6.42. The molecule has 2 aromatic heterocycles. The van der Waals surface area contributed by atoms with Crippen LogP contribution in [0.15, 0.2) is 36.2 Å². The van der Waals surface area contributed by atoms with Crippen LogP contribution in [-0.4, -0.2) is 19.9 Å². The monoisotopic (exact) mass is 317 g/mol. The summed E-state index contributed by atoms with van der Waals surface area (Å²) in [6.45, 7) is 2.99. The highest BCUT2D eigenvalue weighted by atomic mass is 16.1. The zero-order valence-electron chi connectivity index (χ0n) is 13.7. The molecule has 24 heavy (non-hydrogen) atoms. The first-order valence-electron chi connectivity index (χ1n) is 8.62. The van der Waals surface area contributed by atoms with Crippen LogP contribution in [0, 0.1) is 6.92 Å². The Bertz CT molecular complexity index is 1020. The lowest BCUT2D eigenvalue weighted by molar-refractivity contribution is 0.102. The lowest BCUT2D eigenvalue weighted by Crippen LogP contribution is -2.17. The van der Waals surface area contributed by atoms with Crippen LogP contribution in [0.2, 0.25) is 0 Å². The van der Waals surface area contributed by atoms with Crippen LogP contribution in [0.25, 0.3) is 17.1 Å². The first-order valence-corrected chi connectivity index (χ1v) is 8.62. The molecule has 5 rings (SSSR count). The predicted octanol–water partition coefficient (Wildman–Crippen LogP) is 3.76. The van der Waals surface area contributed by atoms with E-state index in [9.17, 15) is 4.79 Å². The second-order valence-corrected chi connectivity index (χ2v) is 6.76. The maximum Gasteiger partial charge on any atom is 0.192 e. The lowest BCUT2D eigenvalue weighted by Gasteiger charge is -2.20. The third kappa shape index (κ3) is 1.80. The van der Waals surface area contributed by atoms with Gasteiger partial charge < -0.3 is 9.13 Å². The topological polar surface area (TPSA) is 39.8 Å². The van der Waals surface area contributed by atoms with E-state index in [1.807, 2.05) is 23.9 Å². The summed E-state index contributed by atoms with van der Waals surface area (Å²) < 4.78 is 4.35. The van der Waals surface area contributed by atoms with Gasteiger partial charge in [-0.3, -0.25) is 4.79 Å². The minimum atomic E-state index is 0.187. The second kappa shape index (κ2) is 4.94. The standard InChI is InChI=1S/C20H19N3O/c1-13-21-9-11-22(13)12-15-7-8-17-18(20(15)24)16-6-2-4-14-5-3-10-23(17)19(14)16/h2,4,6,9,11-12H,3,5,7-8,10H2,1H3/b15-12+. The van der Waals surface area contributed by atoms with E-state index in [0.717, 1.165) is 48.2 Å². The van der Waals surface area contributed by atoms with Gasteiger partial charge in [0.05, 0.1) is 11.1 Å². The van der Waals surface area contributed by atoms with Gasteiger partial charge in [-0.25, -0.2) is 4.98 Å². The van der Waals surface area contributed by atoms with E-state index in [4.69, 9.17) is 0 Å². The summed E-state index contributed by atoms with van der Waals surface area (Å²) in [5.74, 6) is 1.09. The number of fused-ring (bicyclic) bond motifs is 3. The summed E-state index contributed by atoms with van der Waals surface area (Å²) in [4.78, 5) is 17.5. The van der Waals surface area contributed by atoms with Crippen LogP contribution in [-0.2, 0) is 19.4 Å². The number of imidazole rings is 1. The summed E-state index contributed by atoms with van der Waals surface area (Å²) in [5, 5.41) is 1.14. The highest BCUT2D eigenvalue weighted by molar-refractivity contribution is 6.19. The number of benzene rings is 1. The molecule has 2 aliphatic rings. The van der Waals surface area contributed by atoms with Crippen molar-refractivity contribution in [3.63, 3.8) is 0 Å². The van der Waals surface area contributed by atoms with E-state index in [1.54, 1.807) is 6.20 Å². The number of Topliss-reactive ketones (excluding diaryl/α,β-unsaturated/α-hetero) is 1. The molecule has 3 aromatic rings. The van der Waals surface area contributed by atoms with Gasteiger partial charge >= 0.3 is 0 Å². The molecule has 1 aliphatic heterocycles. The Balaban J connectivity index is 1.71. The van der Waals surface area contributed by atoms with Crippen molar-refractivity contribution in [2.45, 2.75) is 39.2 Å². The molecule has 0 atom stereocenters. The Morgan fingerprint density at radius 1 is 1.21 bits per heavy atom. The van der Waals surface area contributed by atoms with Crippen molar-refractivity contribution in [2.24, 2.45) is 0 Å². The van der Waals surface area contributed by atoms with Crippen molar-refractivity contribution in [3.05, 3.63) is 58.8 Å². The summed E-state index contributed by atoms with van der Waals surface area (Å²) in [6.07, 6.45) is 9.65. The Hall–Kier alpha value is -2.62. The summed E-state index contributed by atoms with van der Waals surface area (Å²) in [7, 11) is 0. The molecule has 120 valence electrons. The first kappa shape index (κ1) is 13.8. The number of para-hydroxylation sites is 1. The third-order valence-corrected chi connectivity index (χ3v) is 5.41. The maximum absolute atomic E-state index is 13.2. The van der Waals surface area contributed by atoms with Gasteiger partial charge in [-0.05, 0) is 38.2 Å². The molecule has 0 saturated carbocycles. The summed E-state index contributed by atoms with van der Waals surface area (Å²) >= 11 is 0. The number of aromatic nitrogens is 3. The lowest BCUT2D eigenvalue weighted by atomic mass is 9.90. The van der Waals surface area contributed by atoms with Crippen LogP contribution in [0.1, 0.15) is 40.3 Å². The fourth-order valence-electron chi connectivity index (χ4n) is 4.27. The van der Waals surface area contributed by atoms with E-state index >= 15 is 0 Å². The van der Waals surface area contributed by atoms with Gasteiger partial charge in [0.2, 0.25) is 0 Å². The predicted molar refractivity (Wildman–Crippen MR) is 94.1 cm³/mol. The van der Waals surface area contributed by atoms with Crippen LogP contribution >= 0.6 is 0 Å².